The first kappa shape index (κ1) is 16.1. The van der Waals surface area contributed by atoms with Crippen molar-refractivity contribution >= 4 is 0 Å². The Hall–Kier alpha value is -2.24. The minimum Gasteiger partial charge on any atom is -0.504 e. The van der Waals surface area contributed by atoms with Crippen LogP contribution in [-0.2, 0) is 0 Å². The Labute approximate surface area is 129 Å². The van der Waals surface area contributed by atoms with Crippen molar-refractivity contribution in [2.45, 2.75) is 18.6 Å². The zero-order chi connectivity index (χ0) is 15.9. The minimum atomic E-state index is -0.982. The fraction of sp³-hybridized carbons (Fsp3) is 0.294. The lowest BCUT2D eigenvalue weighted by atomic mass is 10.0. The average Bonchev–Trinajstić information content (AvgIpc) is 2.54. The summed E-state index contributed by atoms with van der Waals surface area (Å²) in [5.41, 5.74) is 0.493. The van der Waals surface area contributed by atoms with E-state index in [2.05, 4.69) is 0 Å². The molecular weight excluding hydrogens is 284 g/mol. The SMILES string of the molecule is COc1ccc([C@H](O)[C@H](CCO)Oc2ccccc2)cc1O. The molecule has 2 aromatic rings. The normalized spacial score (nSPS) is 13.4. The number of hydrogen-bond donors (Lipinski definition) is 3. The van der Waals surface area contributed by atoms with E-state index in [0.717, 1.165) is 0 Å². The molecular formula is C17H20O5. The van der Waals surface area contributed by atoms with E-state index in [1.807, 2.05) is 18.2 Å². The number of rotatable bonds is 7. The highest BCUT2D eigenvalue weighted by atomic mass is 16.5. The van der Waals surface area contributed by atoms with Crippen molar-refractivity contribution in [1.82, 2.24) is 0 Å². The monoisotopic (exact) mass is 304 g/mol. The van der Waals surface area contributed by atoms with Crippen LogP contribution in [0.5, 0.6) is 17.2 Å². The molecule has 0 bridgehead atoms. The number of aromatic hydroxyl groups is 1. The summed E-state index contributed by atoms with van der Waals surface area (Å²) >= 11 is 0. The maximum atomic E-state index is 10.5. The van der Waals surface area contributed by atoms with Crippen LogP contribution >= 0.6 is 0 Å². The van der Waals surface area contributed by atoms with E-state index in [4.69, 9.17) is 9.47 Å². The molecule has 22 heavy (non-hydrogen) atoms. The summed E-state index contributed by atoms with van der Waals surface area (Å²) < 4.78 is 10.7. The summed E-state index contributed by atoms with van der Waals surface area (Å²) in [6.45, 7) is -0.114. The van der Waals surface area contributed by atoms with Gasteiger partial charge in [-0.3, -0.25) is 0 Å². The molecule has 0 saturated carbocycles. The van der Waals surface area contributed by atoms with Gasteiger partial charge in [-0.1, -0.05) is 24.3 Å². The van der Waals surface area contributed by atoms with Crippen LogP contribution in [0.3, 0.4) is 0 Å². The molecule has 5 nitrogen and oxygen atoms in total. The molecule has 118 valence electrons. The van der Waals surface area contributed by atoms with Gasteiger partial charge in [0.25, 0.3) is 0 Å². The van der Waals surface area contributed by atoms with Gasteiger partial charge in [0.15, 0.2) is 11.5 Å². The number of aliphatic hydroxyl groups excluding tert-OH is 2. The number of para-hydroxylation sites is 1. The molecule has 3 N–H and O–H groups in total. The van der Waals surface area contributed by atoms with E-state index in [9.17, 15) is 15.3 Å². The number of phenolic OH excluding ortho intramolecular Hbond substituents is 1. The van der Waals surface area contributed by atoms with Gasteiger partial charge in [-0.25, -0.2) is 0 Å². The summed E-state index contributed by atoms with van der Waals surface area (Å²) in [4.78, 5) is 0. The van der Waals surface area contributed by atoms with E-state index >= 15 is 0 Å². The lowest BCUT2D eigenvalue weighted by Crippen LogP contribution is -2.26. The zero-order valence-corrected chi connectivity index (χ0v) is 12.3. The van der Waals surface area contributed by atoms with E-state index in [1.54, 1.807) is 24.3 Å². The first-order valence-electron chi connectivity index (χ1n) is 7.03. The van der Waals surface area contributed by atoms with Crippen LogP contribution in [0.1, 0.15) is 18.1 Å². The second-order valence-electron chi connectivity index (χ2n) is 4.86. The van der Waals surface area contributed by atoms with E-state index in [-0.39, 0.29) is 18.8 Å². The van der Waals surface area contributed by atoms with Gasteiger partial charge >= 0.3 is 0 Å². The van der Waals surface area contributed by atoms with Gasteiger partial charge in [0.05, 0.1) is 7.11 Å². The van der Waals surface area contributed by atoms with Crippen molar-refractivity contribution in [3.8, 4) is 17.2 Å². The third-order valence-electron chi connectivity index (χ3n) is 3.34. The summed E-state index contributed by atoms with van der Waals surface area (Å²) in [5.74, 6) is 0.887. The van der Waals surface area contributed by atoms with Gasteiger partial charge < -0.3 is 24.8 Å². The number of aliphatic hydroxyl groups is 2. The largest absolute Gasteiger partial charge is 0.504 e. The lowest BCUT2D eigenvalue weighted by Gasteiger charge is -2.24. The van der Waals surface area contributed by atoms with E-state index in [1.165, 1.54) is 13.2 Å². The highest BCUT2D eigenvalue weighted by Crippen LogP contribution is 2.31. The fourth-order valence-corrected chi connectivity index (χ4v) is 2.19. The zero-order valence-electron chi connectivity index (χ0n) is 12.3. The number of benzene rings is 2. The number of ether oxygens (including phenoxy) is 2. The quantitative estimate of drug-likeness (QED) is 0.731. The molecule has 0 aliphatic rings. The highest BCUT2D eigenvalue weighted by molar-refractivity contribution is 5.42. The van der Waals surface area contributed by atoms with Gasteiger partial charge in [-0.15, -0.1) is 0 Å². The molecule has 0 saturated heterocycles. The third kappa shape index (κ3) is 3.90. The molecule has 2 aromatic carbocycles. The van der Waals surface area contributed by atoms with Crippen molar-refractivity contribution < 1.29 is 24.8 Å². The van der Waals surface area contributed by atoms with Crippen LogP contribution in [-0.4, -0.2) is 35.1 Å². The van der Waals surface area contributed by atoms with Gasteiger partial charge in [0, 0.05) is 13.0 Å². The highest BCUT2D eigenvalue weighted by Gasteiger charge is 2.23. The van der Waals surface area contributed by atoms with Gasteiger partial charge in [-0.2, -0.15) is 0 Å². The maximum Gasteiger partial charge on any atom is 0.160 e. The molecule has 0 aliphatic heterocycles. The van der Waals surface area contributed by atoms with Crippen molar-refractivity contribution in [3.05, 3.63) is 54.1 Å². The lowest BCUT2D eigenvalue weighted by molar-refractivity contribution is 0.0203. The maximum absolute atomic E-state index is 10.5. The minimum absolute atomic E-state index is 0.0542. The Balaban J connectivity index is 2.18. The van der Waals surface area contributed by atoms with Crippen LogP contribution in [0.4, 0.5) is 0 Å². The molecule has 0 spiro atoms. The Morgan fingerprint density at radius 2 is 1.82 bits per heavy atom. The summed E-state index contributed by atoms with van der Waals surface area (Å²) in [6, 6.07) is 13.8. The first-order chi connectivity index (χ1) is 10.7. The standard InChI is InChI=1S/C17H20O5/c1-21-15-8-7-12(11-14(15)19)17(20)16(9-10-18)22-13-5-3-2-4-6-13/h2-8,11,16-20H,9-10H2,1H3/t16-,17-/m0/s1. The fourth-order valence-electron chi connectivity index (χ4n) is 2.19. The summed E-state index contributed by atoms with van der Waals surface area (Å²) in [6.07, 6.45) is -1.34. The number of phenols is 1. The van der Waals surface area contributed by atoms with E-state index < -0.39 is 12.2 Å². The molecule has 0 heterocycles. The number of hydrogen-bond acceptors (Lipinski definition) is 5. The molecule has 0 radical (unpaired) electrons. The second-order valence-corrected chi connectivity index (χ2v) is 4.86. The van der Waals surface area contributed by atoms with Crippen molar-refractivity contribution in [1.29, 1.82) is 0 Å². The Kier molecular flexibility index (Phi) is 5.63. The smallest absolute Gasteiger partial charge is 0.160 e. The van der Waals surface area contributed by atoms with Crippen molar-refractivity contribution in [2.75, 3.05) is 13.7 Å². The van der Waals surface area contributed by atoms with Gasteiger partial charge in [-0.05, 0) is 29.8 Å². The first-order valence-corrected chi connectivity index (χ1v) is 7.03. The van der Waals surface area contributed by atoms with Crippen LogP contribution in [0.15, 0.2) is 48.5 Å². The third-order valence-corrected chi connectivity index (χ3v) is 3.34. The van der Waals surface area contributed by atoms with Crippen LogP contribution in [0, 0.1) is 0 Å². The van der Waals surface area contributed by atoms with Crippen molar-refractivity contribution in [3.63, 3.8) is 0 Å². The van der Waals surface area contributed by atoms with Crippen molar-refractivity contribution in [2.24, 2.45) is 0 Å². The molecule has 0 unspecified atom stereocenters. The summed E-state index contributed by atoms with van der Waals surface area (Å²) in [5, 5.41) is 29.5. The average molecular weight is 304 g/mol. The van der Waals surface area contributed by atoms with Crippen LogP contribution in [0.2, 0.25) is 0 Å². The molecule has 2 rings (SSSR count). The second kappa shape index (κ2) is 7.68. The molecule has 2 atom stereocenters. The predicted molar refractivity (Wildman–Crippen MR) is 82.2 cm³/mol. The van der Waals surface area contributed by atoms with Gasteiger partial charge in [0.2, 0.25) is 0 Å². The molecule has 0 amide bonds. The molecule has 0 aromatic heterocycles. The Morgan fingerprint density at radius 3 is 2.41 bits per heavy atom. The molecule has 0 fully saturated rings. The summed E-state index contributed by atoms with van der Waals surface area (Å²) in [7, 11) is 1.46. The Morgan fingerprint density at radius 1 is 1.09 bits per heavy atom. The molecule has 5 heteroatoms. The Bertz CT molecular complexity index is 585. The van der Waals surface area contributed by atoms with E-state index in [0.29, 0.717) is 17.1 Å². The molecule has 0 aliphatic carbocycles. The van der Waals surface area contributed by atoms with Crippen LogP contribution in [0.25, 0.3) is 0 Å². The number of methoxy groups -OCH3 is 1. The van der Waals surface area contributed by atoms with Gasteiger partial charge in [0.1, 0.15) is 18.0 Å². The topological polar surface area (TPSA) is 79.2 Å². The van der Waals surface area contributed by atoms with Crippen LogP contribution < -0.4 is 9.47 Å². The predicted octanol–water partition coefficient (Wildman–Crippen LogP) is 2.26.